The molecule has 0 aliphatic heterocycles. The molecule has 0 spiro atoms. The second-order valence-corrected chi connectivity index (χ2v) is 6.16. The lowest BCUT2D eigenvalue weighted by molar-refractivity contribution is -0.120. The summed E-state index contributed by atoms with van der Waals surface area (Å²) in [5, 5.41) is 2.74. The second-order valence-electron chi connectivity index (χ2n) is 4.74. The Morgan fingerprint density at radius 1 is 1.19 bits per heavy atom. The highest BCUT2D eigenvalue weighted by molar-refractivity contribution is 8.00. The van der Waals surface area contributed by atoms with Gasteiger partial charge in [0.2, 0.25) is 5.91 Å². The molecule has 4 heteroatoms. The van der Waals surface area contributed by atoms with Gasteiger partial charge in [-0.25, -0.2) is 4.39 Å². The lowest BCUT2D eigenvalue weighted by Gasteiger charge is -2.12. The molecule has 0 aliphatic carbocycles. The van der Waals surface area contributed by atoms with Crippen molar-refractivity contribution < 1.29 is 9.18 Å². The highest BCUT2D eigenvalue weighted by atomic mass is 32.2. The van der Waals surface area contributed by atoms with E-state index in [1.54, 1.807) is 6.07 Å². The third kappa shape index (κ3) is 5.23. The average molecular weight is 303 g/mol. The number of hydrogen-bond acceptors (Lipinski definition) is 2. The molecule has 0 aromatic heterocycles. The summed E-state index contributed by atoms with van der Waals surface area (Å²) < 4.78 is 13.0. The molecule has 2 nitrogen and oxygen atoms in total. The van der Waals surface area contributed by atoms with Gasteiger partial charge in [-0.3, -0.25) is 4.79 Å². The predicted octanol–water partition coefficient (Wildman–Crippen LogP) is 3.67. The van der Waals surface area contributed by atoms with Gasteiger partial charge in [-0.1, -0.05) is 30.3 Å². The molecule has 2 rings (SSSR count). The number of halogens is 1. The van der Waals surface area contributed by atoms with Gasteiger partial charge in [-0.05, 0) is 43.2 Å². The summed E-state index contributed by atoms with van der Waals surface area (Å²) in [6, 6.07) is 16.3. The highest BCUT2D eigenvalue weighted by Gasteiger charge is 2.13. The fraction of sp³-hybridized carbons (Fsp3) is 0.235. The molecule has 0 fully saturated rings. The van der Waals surface area contributed by atoms with Crippen molar-refractivity contribution in [3.63, 3.8) is 0 Å². The van der Waals surface area contributed by atoms with Crippen LogP contribution in [0.15, 0.2) is 59.5 Å². The summed E-state index contributed by atoms with van der Waals surface area (Å²) in [6.45, 7) is 2.40. The Labute approximate surface area is 128 Å². The van der Waals surface area contributed by atoms with Crippen molar-refractivity contribution in [2.75, 3.05) is 6.54 Å². The maximum atomic E-state index is 13.0. The molecule has 1 atom stereocenters. The van der Waals surface area contributed by atoms with Gasteiger partial charge in [0.15, 0.2) is 0 Å². The van der Waals surface area contributed by atoms with Crippen molar-refractivity contribution in [1.29, 1.82) is 0 Å². The fourth-order valence-corrected chi connectivity index (χ4v) is 2.84. The molecule has 0 saturated heterocycles. The molecule has 0 bridgehead atoms. The summed E-state index contributed by atoms with van der Waals surface area (Å²) in [6.07, 6.45) is 0.631. The maximum Gasteiger partial charge on any atom is 0.233 e. The molecule has 0 radical (unpaired) electrons. The molecule has 0 aliphatic rings. The van der Waals surface area contributed by atoms with Crippen LogP contribution >= 0.6 is 11.8 Å². The Balaban J connectivity index is 1.76. The van der Waals surface area contributed by atoms with Crippen molar-refractivity contribution in [1.82, 2.24) is 5.32 Å². The van der Waals surface area contributed by atoms with Crippen LogP contribution in [0.3, 0.4) is 0 Å². The first-order valence-electron chi connectivity index (χ1n) is 6.89. The highest BCUT2D eigenvalue weighted by Crippen LogP contribution is 2.22. The third-order valence-electron chi connectivity index (χ3n) is 3.03. The molecule has 21 heavy (non-hydrogen) atoms. The average Bonchev–Trinajstić information content (AvgIpc) is 2.48. The van der Waals surface area contributed by atoms with Crippen molar-refractivity contribution in [3.05, 3.63) is 66.0 Å². The first-order chi connectivity index (χ1) is 10.1. The molecule has 2 aromatic rings. The standard InChI is InChI=1S/C17H18FNOS/c1-13(21-16-8-3-2-4-9-16)17(20)19-11-10-14-6-5-7-15(18)12-14/h2-9,12-13H,10-11H2,1H3,(H,19,20). The van der Waals surface area contributed by atoms with E-state index in [-0.39, 0.29) is 17.0 Å². The topological polar surface area (TPSA) is 29.1 Å². The van der Waals surface area contributed by atoms with Gasteiger partial charge < -0.3 is 5.32 Å². The number of hydrogen-bond donors (Lipinski definition) is 1. The van der Waals surface area contributed by atoms with Crippen molar-refractivity contribution in [2.24, 2.45) is 0 Å². The number of carbonyl (C=O) groups excluding carboxylic acids is 1. The van der Waals surface area contributed by atoms with E-state index in [0.29, 0.717) is 13.0 Å². The second kappa shape index (κ2) is 7.84. The Hall–Kier alpha value is -1.81. The minimum Gasteiger partial charge on any atom is -0.355 e. The SMILES string of the molecule is CC(Sc1ccccc1)C(=O)NCCc1cccc(F)c1. The molecule has 1 unspecified atom stereocenters. The van der Waals surface area contributed by atoms with Crippen LogP contribution in [0, 0.1) is 5.82 Å². The smallest absolute Gasteiger partial charge is 0.233 e. The number of amides is 1. The summed E-state index contributed by atoms with van der Waals surface area (Å²) >= 11 is 1.53. The Kier molecular flexibility index (Phi) is 5.81. The number of benzene rings is 2. The molecule has 1 N–H and O–H groups in total. The van der Waals surface area contributed by atoms with Crippen LogP contribution in [0.1, 0.15) is 12.5 Å². The van der Waals surface area contributed by atoms with Crippen molar-refractivity contribution in [2.45, 2.75) is 23.5 Å². The largest absolute Gasteiger partial charge is 0.355 e. The van der Waals surface area contributed by atoms with Crippen molar-refractivity contribution in [3.8, 4) is 0 Å². The molecule has 0 heterocycles. The summed E-state index contributed by atoms with van der Waals surface area (Å²) in [4.78, 5) is 13.1. The van der Waals surface area contributed by atoms with E-state index >= 15 is 0 Å². The van der Waals surface area contributed by atoms with E-state index in [0.717, 1.165) is 10.5 Å². The van der Waals surface area contributed by atoms with Crippen molar-refractivity contribution >= 4 is 17.7 Å². The lowest BCUT2D eigenvalue weighted by Crippen LogP contribution is -2.32. The minimum absolute atomic E-state index is 0.000237. The zero-order chi connectivity index (χ0) is 15.1. The number of carbonyl (C=O) groups is 1. The van der Waals surface area contributed by atoms with Crippen LogP contribution in [-0.2, 0) is 11.2 Å². The van der Waals surface area contributed by atoms with Crippen LogP contribution in [0.5, 0.6) is 0 Å². The first-order valence-corrected chi connectivity index (χ1v) is 7.77. The zero-order valence-corrected chi connectivity index (χ0v) is 12.7. The van der Waals surface area contributed by atoms with E-state index < -0.39 is 0 Å². The Bertz CT molecular complexity index is 588. The molecular weight excluding hydrogens is 285 g/mol. The molecular formula is C17H18FNOS. The number of rotatable bonds is 6. The van der Waals surface area contributed by atoms with Gasteiger partial charge in [0.25, 0.3) is 0 Å². The molecule has 1 amide bonds. The van der Waals surface area contributed by atoms with Crippen LogP contribution < -0.4 is 5.32 Å². The van der Waals surface area contributed by atoms with Crippen LogP contribution in [0.25, 0.3) is 0 Å². The summed E-state index contributed by atoms with van der Waals surface area (Å²) in [7, 11) is 0. The summed E-state index contributed by atoms with van der Waals surface area (Å²) in [5.74, 6) is -0.243. The van der Waals surface area contributed by atoms with Crippen LogP contribution in [-0.4, -0.2) is 17.7 Å². The van der Waals surface area contributed by atoms with E-state index in [1.807, 2.05) is 43.3 Å². The normalized spacial score (nSPS) is 11.9. The monoisotopic (exact) mass is 303 g/mol. The van der Waals surface area contributed by atoms with E-state index in [1.165, 1.54) is 23.9 Å². The third-order valence-corrected chi connectivity index (χ3v) is 4.14. The van der Waals surface area contributed by atoms with Gasteiger partial charge in [0.05, 0.1) is 5.25 Å². The molecule has 0 saturated carbocycles. The van der Waals surface area contributed by atoms with Crippen LogP contribution in [0.4, 0.5) is 4.39 Å². The Morgan fingerprint density at radius 3 is 2.67 bits per heavy atom. The van der Waals surface area contributed by atoms with E-state index in [2.05, 4.69) is 5.32 Å². The van der Waals surface area contributed by atoms with E-state index in [9.17, 15) is 9.18 Å². The minimum atomic E-state index is -0.244. The van der Waals surface area contributed by atoms with Gasteiger partial charge >= 0.3 is 0 Å². The molecule has 2 aromatic carbocycles. The van der Waals surface area contributed by atoms with Gasteiger partial charge in [-0.15, -0.1) is 11.8 Å². The maximum absolute atomic E-state index is 13.0. The molecule has 110 valence electrons. The first kappa shape index (κ1) is 15.6. The Morgan fingerprint density at radius 2 is 1.95 bits per heavy atom. The zero-order valence-electron chi connectivity index (χ0n) is 11.9. The number of thioether (sulfide) groups is 1. The van der Waals surface area contributed by atoms with Gasteiger partial charge in [0.1, 0.15) is 5.82 Å². The summed E-state index contributed by atoms with van der Waals surface area (Å²) in [5.41, 5.74) is 0.888. The van der Waals surface area contributed by atoms with Gasteiger partial charge in [0, 0.05) is 11.4 Å². The quantitative estimate of drug-likeness (QED) is 0.825. The van der Waals surface area contributed by atoms with E-state index in [4.69, 9.17) is 0 Å². The van der Waals surface area contributed by atoms with Gasteiger partial charge in [-0.2, -0.15) is 0 Å². The predicted molar refractivity (Wildman–Crippen MR) is 84.9 cm³/mol. The number of nitrogens with one attached hydrogen (secondary N) is 1. The lowest BCUT2D eigenvalue weighted by atomic mass is 10.1. The van der Waals surface area contributed by atoms with Crippen LogP contribution in [0.2, 0.25) is 0 Å². The fourth-order valence-electron chi connectivity index (χ4n) is 1.92.